The molecule has 68 valence electrons. The smallest absolute Gasteiger partial charge is 0.149 e. The van der Waals surface area contributed by atoms with Crippen molar-refractivity contribution in [2.45, 2.75) is 6.92 Å². The normalized spacial score (nSPS) is 8.85. The fourth-order valence-electron chi connectivity index (χ4n) is 0.803. The van der Waals surface area contributed by atoms with Gasteiger partial charge in [0.15, 0.2) is 0 Å². The van der Waals surface area contributed by atoms with Gasteiger partial charge in [-0.15, -0.1) is 5.92 Å². The van der Waals surface area contributed by atoms with E-state index in [2.05, 4.69) is 11.8 Å². The largest absolute Gasteiger partial charge is 0.481 e. The predicted octanol–water partition coefficient (Wildman–Crippen LogP) is 2.37. The molecule has 3 heteroatoms. The van der Waals surface area contributed by atoms with Crippen molar-refractivity contribution in [3.63, 3.8) is 0 Å². The lowest BCUT2D eigenvalue weighted by Crippen LogP contribution is -1.94. The highest BCUT2D eigenvalue weighted by atomic mass is 19.1. The van der Waals surface area contributed by atoms with Crippen LogP contribution in [0.15, 0.2) is 18.2 Å². The number of ether oxygens (including phenoxy) is 1. The molecule has 1 aromatic rings. The van der Waals surface area contributed by atoms with Crippen LogP contribution in [0.3, 0.4) is 0 Å². The molecule has 0 saturated heterocycles. The monoisotopic (exact) mass is 182 g/mol. The lowest BCUT2D eigenvalue weighted by atomic mass is 10.3. The topological polar surface area (TPSA) is 9.23 Å². The first-order valence-corrected chi connectivity index (χ1v) is 3.71. The zero-order chi connectivity index (χ0) is 9.68. The third-order valence-corrected chi connectivity index (χ3v) is 1.32. The molecule has 1 aromatic carbocycles. The van der Waals surface area contributed by atoms with E-state index in [0.717, 1.165) is 18.2 Å². The van der Waals surface area contributed by atoms with Crippen LogP contribution >= 0.6 is 0 Å². The van der Waals surface area contributed by atoms with Crippen molar-refractivity contribution < 1.29 is 13.5 Å². The summed E-state index contributed by atoms with van der Waals surface area (Å²) in [7, 11) is 0. The van der Waals surface area contributed by atoms with Crippen LogP contribution in [0.1, 0.15) is 6.92 Å². The van der Waals surface area contributed by atoms with Gasteiger partial charge in [-0.05, 0) is 6.92 Å². The highest BCUT2D eigenvalue weighted by molar-refractivity contribution is 5.24. The Morgan fingerprint density at radius 1 is 1.23 bits per heavy atom. The molecule has 0 aliphatic heterocycles. The Morgan fingerprint density at radius 2 is 1.85 bits per heavy atom. The van der Waals surface area contributed by atoms with Crippen LogP contribution < -0.4 is 4.74 Å². The van der Waals surface area contributed by atoms with Crippen LogP contribution in [0.2, 0.25) is 0 Å². The van der Waals surface area contributed by atoms with E-state index in [-0.39, 0.29) is 12.4 Å². The quantitative estimate of drug-likeness (QED) is 0.638. The van der Waals surface area contributed by atoms with Gasteiger partial charge in [0, 0.05) is 18.2 Å². The zero-order valence-corrected chi connectivity index (χ0v) is 7.10. The summed E-state index contributed by atoms with van der Waals surface area (Å²) in [5.74, 6) is 4.07. The molecule has 13 heavy (non-hydrogen) atoms. The van der Waals surface area contributed by atoms with Crippen molar-refractivity contribution in [1.82, 2.24) is 0 Å². The Balaban J connectivity index is 2.69. The molecule has 0 radical (unpaired) electrons. The third kappa shape index (κ3) is 3.12. The van der Waals surface area contributed by atoms with Crippen molar-refractivity contribution in [2.75, 3.05) is 6.61 Å². The maximum Gasteiger partial charge on any atom is 0.149 e. The minimum atomic E-state index is -0.653. The fraction of sp³-hybridized carbons (Fsp3) is 0.200. The van der Waals surface area contributed by atoms with E-state index in [1.165, 1.54) is 0 Å². The number of benzene rings is 1. The molecule has 0 heterocycles. The minimum Gasteiger partial charge on any atom is -0.481 e. The van der Waals surface area contributed by atoms with Crippen LogP contribution in [0.4, 0.5) is 8.78 Å². The molecule has 0 atom stereocenters. The Kier molecular flexibility index (Phi) is 3.27. The summed E-state index contributed by atoms with van der Waals surface area (Å²) in [5, 5.41) is 0. The van der Waals surface area contributed by atoms with Gasteiger partial charge in [-0.2, -0.15) is 0 Å². The molecule has 0 aliphatic rings. The van der Waals surface area contributed by atoms with Crippen LogP contribution in [0.25, 0.3) is 0 Å². The lowest BCUT2D eigenvalue weighted by Gasteiger charge is -2.01. The van der Waals surface area contributed by atoms with E-state index < -0.39 is 11.6 Å². The van der Waals surface area contributed by atoms with Gasteiger partial charge < -0.3 is 4.74 Å². The Morgan fingerprint density at radius 3 is 2.38 bits per heavy atom. The van der Waals surface area contributed by atoms with Crippen LogP contribution in [0, 0.1) is 23.5 Å². The maximum absolute atomic E-state index is 12.6. The highest BCUT2D eigenvalue weighted by Crippen LogP contribution is 2.14. The molecule has 0 amide bonds. The Bertz CT molecular complexity index is 329. The van der Waals surface area contributed by atoms with E-state index in [1.54, 1.807) is 6.92 Å². The van der Waals surface area contributed by atoms with Gasteiger partial charge in [0.05, 0.1) is 0 Å². The second-order valence-electron chi connectivity index (χ2n) is 2.32. The molecule has 1 rings (SSSR count). The Labute approximate surface area is 75.3 Å². The molecule has 0 unspecified atom stereocenters. The number of hydrogen-bond donors (Lipinski definition) is 0. The third-order valence-electron chi connectivity index (χ3n) is 1.32. The molecule has 0 saturated carbocycles. The zero-order valence-electron chi connectivity index (χ0n) is 7.10. The highest BCUT2D eigenvalue weighted by Gasteiger charge is 1.99. The van der Waals surface area contributed by atoms with Gasteiger partial charge >= 0.3 is 0 Å². The standard InChI is InChI=1S/C10H8F2O/c1-2-3-4-13-10-6-8(11)5-9(12)7-10/h5-7H,4H2,1H3. The van der Waals surface area contributed by atoms with E-state index in [1.807, 2.05) is 0 Å². The second-order valence-corrected chi connectivity index (χ2v) is 2.32. The molecule has 1 nitrogen and oxygen atoms in total. The first-order valence-electron chi connectivity index (χ1n) is 3.71. The van der Waals surface area contributed by atoms with Gasteiger partial charge in [0.25, 0.3) is 0 Å². The number of rotatable bonds is 2. The lowest BCUT2D eigenvalue weighted by molar-refractivity contribution is 0.364. The molecule has 0 N–H and O–H groups in total. The van der Waals surface area contributed by atoms with Gasteiger partial charge in [-0.25, -0.2) is 8.78 Å². The predicted molar refractivity (Wildman–Crippen MR) is 45.3 cm³/mol. The molecule has 0 aromatic heterocycles. The van der Waals surface area contributed by atoms with E-state index in [0.29, 0.717) is 0 Å². The van der Waals surface area contributed by atoms with Gasteiger partial charge in [0.1, 0.15) is 24.0 Å². The number of hydrogen-bond acceptors (Lipinski definition) is 1. The summed E-state index contributed by atoms with van der Waals surface area (Å²) >= 11 is 0. The van der Waals surface area contributed by atoms with E-state index in [4.69, 9.17) is 4.74 Å². The SMILES string of the molecule is CC#CCOc1cc(F)cc(F)c1. The molecule has 0 aliphatic carbocycles. The Hall–Kier alpha value is -1.56. The maximum atomic E-state index is 12.6. The fourth-order valence-corrected chi connectivity index (χ4v) is 0.803. The first-order chi connectivity index (χ1) is 6.22. The van der Waals surface area contributed by atoms with E-state index in [9.17, 15) is 8.78 Å². The van der Waals surface area contributed by atoms with Crippen LogP contribution in [-0.4, -0.2) is 6.61 Å². The summed E-state index contributed by atoms with van der Waals surface area (Å²) < 4.78 is 30.1. The molecule has 0 bridgehead atoms. The summed E-state index contributed by atoms with van der Waals surface area (Å²) in [6.07, 6.45) is 0. The molecular weight excluding hydrogens is 174 g/mol. The molecule has 0 fully saturated rings. The van der Waals surface area contributed by atoms with E-state index >= 15 is 0 Å². The van der Waals surface area contributed by atoms with Crippen molar-refractivity contribution >= 4 is 0 Å². The van der Waals surface area contributed by atoms with Crippen LogP contribution in [-0.2, 0) is 0 Å². The van der Waals surface area contributed by atoms with Gasteiger partial charge in [-0.3, -0.25) is 0 Å². The average molecular weight is 182 g/mol. The second kappa shape index (κ2) is 4.46. The summed E-state index contributed by atoms with van der Waals surface area (Å²) in [4.78, 5) is 0. The summed E-state index contributed by atoms with van der Waals surface area (Å²) in [6.45, 7) is 1.80. The minimum absolute atomic E-state index is 0.138. The van der Waals surface area contributed by atoms with Crippen molar-refractivity contribution in [3.05, 3.63) is 29.8 Å². The molecule has 0 spiro atoms. The number of halogens is 2. The van der Waals surface area contributed by atoms with Crippen LogP contribution in [0.5, 0.6) is 5.75 Å². The van der Waals surface area contributed by atoms with Gasteiger partial charge in [-0.1, -0.05) is 5.92 Å². The van der Waals surface area contributed by atoms with Crippen molar-refractivity contribution in [1.29, 1.82) is 0 Å². The summed E-state index contributed by atoms with van der Waals surface area (Å²) in [5.41, 5.74) is 0. The van der Waals surface area contributed by atoms with Crippen molar-refractivity contribution in [2.24, 2.45) is 0 Å². The van der Waals surface area contributed by atoms with Crippen molar-refractivity contribution in [3.8, 4) is 17.6 Å². The summed E-state index contributed by atoms with van der Waals surface area (Å²) in [6, 6.07) is 3.01. The average Bonchev–Trinajstić information content (AvgIpc) is 2.03. The van der Waals surface area contributed by atoms with Gasteiger partial charge in [0.2, 0.25) is 0 Å². The first kappa shape index (κ1) is 9.53. The molecular formula is C10H8F2O.